The fourth-order valence-corrected chi connectivity index (χ4v) is 1.93. The Morgan fingerprint density at radius 1 is 1.00 bits per heavy atom. The Bertz CT molecular complexity index is 593. The number of benzene rings is 2. The molecule has 21 heavy (non-hydrogen) atoms. The predicted molar refractivity (Wildman–Crippen MR) is 85.5 cm³/mol. The van der Waals surface area contributed by atoms with Gasteiger partial charge in [0.25, 0.3) is 0 Å². The van der Waals surface area contributed by atoms with Crippen LogP contribution in [-0.4, -0.2) is 6.03 Å². The molecule has 6 N–H and O–H groups in total. The van der Waals surface area contributed by atoms with Crippen molar-refractivity contribution in [2.24, 2.45) is 0 Å². The van der Waals surface area contributed by atoms with Crippen LogP contribution < -0.4 is 22.1 Å². The van der Waals surface area contributed by atoms with Gasteiger partial charge in [0, 0.05) is 17.9 Å². The number of urea groups is 1. The molecule has 2 aromatic rings. The summed E-state index contributed by atoms with van der Waals surface area (Å²) in [5.74, 6) is 0. The lowest BCUT2D eigenvalue weighted by Crippen LogP contribution is -2.36. The zero-order valence-electron chi connectivity index (χ0n) is 12.0. The number of anilines is 2. The average Bonchev–Trinajstić information content (AvgIpc) is 2.47. The van der Waals surface area contributed by atoms with E-state index in [1.54, 1.807) is 0 Å². The first-order chi connectivity index (χ1) is 10.0. The summed E-state index contributed by atoms with van der Waals surface area (Å²) in [7, 11) is 0. The van der Waals surface area contributed by atoms with Gasteiger partial charge in [0.2, 0.25) is 0 Å². The summed E-state index contributed by atoms with van der Waals surface area (Å²) in [5, 5.41) is 5.70. The molecule has 5 nitrogen and oxygen atoms in total. The van der Waals surface area contributed by atoms with Gasteiger partial charge in [-0.15, -0.1) is 0 Å². The first kappa shape index (κ1) is 14.7. The third-order valence-electron chi connectivity index (χ3n) is 3.22. The van der Waals surface area contributed by atoms with E-state index in [9.17, 15) is 4.79 Å². The Morgan fingerprint density at radius 2 is 1.52 bits per heavy atom. The molecule has 2 rings (SSSR count). The van der Waals surface area contributed by atoms with Crippen LogP contribution in [0.25, 0.3) is 0 Å². The Balaban J connectivity index is 1.83. The van der Waals surface area contributed by atoms with E-state index in [2.05, 4.69) is 10.6 Å². The lowest BCUT2D eigenvalue weighted by Gasteiger charge is -2.15. The molecule has 0 aliphatic rings. The molecular weight excluding hydrogens is 264 g/mol. The Hall–Kier alpha value is -2.69. The molecule has 2 aromatic carbocycles. The summed E-state index contributed by atoms with van der Waals surface area (Å²) in [6.07, 6.45) is 0. The molecule has 0 aliphatic heterocycles. The number of rotatable bonds is 4. The molecule has 0 heterocycles. The minimum Gasteiger partial charge on any atom is -0.399 e. The van der Waals surface area contributed by atoms with Gasteiger partial charge in [-0.2, -0.15) is 0 Å². The van der Waals surface area contributed by atoms with E-state index < -0.39 is 0 Å². The number of nitrogen functional groups attached to an aromatic ring is 2. The van der Waals surface area contributed by atoms with Crippen molar-refractivity contribution < 1.29 is 4.79 Å². The highest BCUT2D eigenvalue weighted by atomic mass is 16.2. The number of hydrogen-bond donors (Lipinski definition) is 4. The van der Waals surface area contributed by atoms with Gasteiger partial charge in [0.05, 0.1) is 6.04 Å². The van der Waals surface area contributed by atoms with Gasteiger partial charge in [-0.1, -0.05) is 24.3 Å². The van der Waals surface area contributed by atoms with Gasteiger partial charge in [-0.05, 0) is 42.3 Å². The Kier molecular flexibility index (Phi) is 4.66. The second-order valence-electron chi connectivity index (χ2n) is 4.96. The summed E-state index contributed by atoms with van der Waals surface area (Å²) in [4.78, 5) is 11.9. The average molecular weight is 284 g/mol. The number of carbonyl (C=O) groups is 1. The second-order valence-corrected chi connectivity index (χ2v) is 4.96. The van der Waals surface area contributed by atoms with E-state index in [-0.39, 0.29) is 12.1 Å². The van der Waals surface area contributed by atoms with E-state index >= 15 is 0 Å². The number of nitrogens with one attached hydrogen (secondary N) is 2. The zero-order valence-corrected chi connectivity index (χ0v) is 12.0. The van der Waals surface area contributed by atoms with Gasteiger partial charge in [0.1, 0.15) is 0 Å². The molecule has 0 spiro atoms. The van der Waals surface area contributed by atoms with Crippen LogP contribution in [0.15, 0.2) is 48.5 Å². The minimum atomic E-state index is -0.212. The largest absolute Gasteiger partial charge is 0.399 e. The number of carbonyl (C=O) groups excluding carboxylic acids is 1. The fourth-order valence-electron chi connectivity index (χ4n) is 1.93. The first-order valence-electron chi connectivity index (χ1n) is 6.79. The van der Waals surface area contributed by atoms with E-state index in [0.717, 1.165) is 11.1 Å². The third kappa shape index (κ3) is 4.42. The minimum absolute atomic E-state index is 0.0861. The van der Waals surface area contributed by atoms with Crippen molar-refractivity contribution in [2.75, 3.05) is 11.5 Å². The van der Waals surface area contributed by atoms with Crippen molar-refractivity contribution in [1.29, 1.82) is 0 Å². The topological polar surface area (TPSA) is 93.2 Å². The van der Waals surface area contributed by atoms with E-state index in [1.165, 1.54) is 0 Å². The van der Waals surface area contributed by atoms with Crippen molar-refractivity contribution in [3.63, 3.8) is 0 Å². The van der Waals surface area contributed by atoms with E-state index in [0.29, 0.717) is 17.9 Å². The molecule has 0 saturated heterocycles. The quantitative estimate of drug-likeness (QED) is 0.649. The smallest absolute Gasteiger partial charge is 0.315 e. The van der Waals surface area contributed by atoms with Crippen LogP contribution in [0.3, 0.4) is 0 Å². The zero-order chi connectivity index (χ0) is 15.2. The molecule has 0 bridgehead atoms. The predicted octanol–water partition coefficient (Wildman–Crippen LogP) is 2.41. The molecule has 1 unspecified atom stereocenters. The Morgan fingerprint density at radius 3 is 2.10 bits per heavy atom. The van der Waals surface area contributed by atoms with E-state index in [1.807, 2.05) is 55.5 Å². The van der Waals surface area contributed by atoms with Crippen molar-refractivity contribution in [3.8, 4) is 0 Å². The molecule has 0 aromatic heterocycles. The number of hydrogen-bond acceptors (Lipinski definition) is 3. The molecule has 0 aliphatic carbocycles. The highest BCUT2D eigenvalue weighted by Crippen LogP contribution is 2.14. The van der Waals surface area contributed by atoms with Gasteiger partial charge in [0.15, 0.2) is 0 Å². The van der Waals surface area contributed by atoms with Crippen LogP contribution in [0.4, 0.5) is 16.2 Å². The van der Waals surface area contributed by atoms with Crippen LogP contribution in [-0.2, 0) is 6.54 Å². The highest BCUT2D eigenvalue weighted by molar-refractivity contribution is 5.74. The van der Waals surface area contributed by atoms with Gasteiger partial charge >= 0.3 is 6.03 Å². The van der Waals surface area contributed by atoms with Crippen molar-refractivity contribution in [3.05, 3.63) is 59.7 Å². The summed E-state index contributed by atoms with van der Waals surface area (Å²) >= 11 is 0. The third-order valence-corrected chi connectivity index (χ3v) is 3.22. The second kappa shape index (κ2) is 6.65. The van der Waals surface area contributed by atoms with Crippen molar-refractivity contribution >= 4 is 17.4 Å². The molecule has 0 saturated carbocycles. The SMILES string of the molecule is CC(NC(=O)NCc1ccc(N)cc1)c1ccc(N)cc1. The summed E-state index contributed by atoms with van der Waals surface area (Å²) in [6, 6.07) is 14.5. The van der Waals surface area contributed by atoms with E-state index in [4.69, 9.17) is 11.5 Å². The first-order valence-corrected chi connectivity index (χ1v) is 6.79. The molecular formula is C16H20N4O. The monoisotopic (exact) mass is 284 g/mol. The maximum Gasteiger partial charge on any atom is 0.315 e. The summed E-state index contributed by atoms with van der Waals surface area (Å²) in [5.41, 5.74) is 14.7. The maximum atomic E-state index is 11.9. The van der Waals surface area contributed by atoms with Gasteiger partial charge < -0.3 is 22.1 Å². The van der Waals surface area contributed by atoms with Crippen molar-refractivity contribution in [2.45, 2.75) is 19.5 Å². The van der Waals surface area contributed by atoms with Crippen LogP contribution in [0.2, 0.25) is 0 Å². The molecule has 110 valence electrons. The van der Waals surface area contributed by atoms with Gasteiger partial charge in [-0.25, -0.2) is 4.79 Å². The molecule has 0 radical (unpaired) electrons. The molecule has 1 atom stereocenters. The lowest BCUT2D eigenvalue weighted by atomic mass is 10.1. The normalized spacial score (nSPS) is 11.7. The fraction of sp³-hybridized carbons (Fsp3) is 0.188. The lowest BCUT2D eigenvalue weighted by molar-refractivity contribution is 0.237. The summed E-state index contributed by atoms with van der Waals surface area (Å²) < 4.78 is 0. The number of amides is 2. The van der Waals surface area contributed by atoms with Crippen molar-refractivity contribution in [1.82, 2.24) is 10.6 Å². The molecule has 0 fully saturated rings. The van der Waals surface area contributed by atoms with Crippen LogP contribution in [0.5, 0.6) is 0 Å². The van der Waals surface area contributed by atoms with Crippen LogP contribution >= 0.6 is 0 Å². The maximum absolute atomic E-state index is 11.9. The standard InChI is InChI=1S/C16H20N4O/c1-11(13-4-8-15(18)9-5-13)20-16(21)19-10-12-2-6-14(17)7-3-12/h2-9,11H,10,17-18H2,1H3,(H2,19,20,21). The molecule has 5 heteroatoms. The molecule has 2 amide bonds. The summed E-state index contributed by atoms with van der Waals surface area (Å²) in [6.45, 7) is 2.38. The van der Waals surface area contributed by atoms with Crippen LogP contribution in [0.1, 0.15) is 24.1 Å². The van der Waals surface area contributed by atoms with Crippen LogP contribution in [0, 0.1) is 0 Å². The number of nitrogens with two attached hydrogens (primary N) is 2. The van der Waals surface area contributed by atoms with Gasteiger partial charge in [-0.3, -0.25) is 0 Å². The Labute approximate surface area is 124 Å². The highest BCUT2D eigenvalue weighted by Gasteiger charge is 2.08.